The number of hydrogen-bond acceptors (Lipinski definition) is 3. The van der Waals surface area contributed by atoms with E-state index in [0.717, 1.165) is 19.0 Å². The Morgan fingerprint density at radius 3 is 2.53 bits per heavy atom. The fourth-order valence-electron chi connectivity index (χ4n) is 1.32. The summed E-state index contributed by atoms with van der Waals surface area (Å²) in [5.74, 6) is 1.19. The number of hydrogen-bond donors (Lipinski definition) is 3. The lowest BCUT2D eigenvalue weighted by atomic mass is 10.1. The van der Waals surface area contributed by atoms with Crippen LogP contribution in [0.15, 0.2) is 5.16 Å². The second-order valence-electron chi connectivity index (χ2n) is 4.52. The maximum atomic E-state index is 8.44. The van der Waals surface area contributed by atoms with Crippen molar-refractivity contribution in [1.82, 2.24) is 5.32 Å². The monoisotopic (exact) mass is 215 g/mol. The van der Waals surface area contributed by atoms with Gasteiger partial charge >= 0.3 is 0 Å². The van der Waals surface area contributed by atoms with Crippen LogP contribution in [0.5, 0.6) is 0 Å². The van der Waals surface area contributed by atoms with Gasteiger partial charge in [0, 0.05) is 12.5 Å². The van der Waals surface area contributed by atoms with Crippen LogP contribution in [-0.4, -0.2) is 24.1 Å². The van der Waals surface area contributed by atoms with Crippen molar-refractivity contribution in [3.05, 3.63) is 0 Å². The van der Waals surface area contributed by atoms with E-state index in [2.05, 4.69) is 24.3 Å². The molecular formula is C11H25N3O. The molecule has 4 heteroatoms. The first kappa shape index (κ1) is 14.2. The van der Waals surface area contributed by atoms with Crippen molar-refractivity contribution in [2.24, 2.45) is 22.7 Å². The minimum atomic E-state index is 0.0973. The van der Waals surface area contributed by atoms with Gasteiger partial charge in [0.25, 0.3) is 0 Å². The highest BCUT2D eigenvalue weighted by Gasteiger charge is 2.05. The summed E-state index contributed by atoms with van der Waals surface area (Å²) in [5, 5.41) is 14.7. The van der Waals surface area contributed by atoms with Gasteiger partial charge in [-0.05, 0) is 18.9 Å². The summed E-state index contributed by atoms with van der Waals surface area (Å²) in [6.07, 6.45) is 3.75. The van der Waals surface area contributed by atoms with Gasteiger partial charge in [-0.1, -0.05) is 38.8 Å². The molecule has 0 saturated carbocycles. The largest absolute Gasteiger partial charge is 0.409 e. The average Bonchev–Trinajstić information content (AvgIpc) is 2.21. The van der Waals surface area contributed by atoms with Gasteiger partial charge in [0.05, 0.1) is 0 Å². The Morgan fingerprint density at radius 2 is 2.00 bits per heavy atom. The van der Waals surface area contributed by atoms with Gasteiger partial charge in [0.1, 0.15) is 5.84 Å². The first-order valence-corrected chi connectivity index (χ1v) is 5.76. The second-order valence-corrected chi connectivity index (χ2v) is 4.52. The molecule has 0 aliphatic heterocycles. The summed E-state index contributed by atoms with van der Waals surface area (Å²) in [7, 11) is 0. The van der Waals surface area contributed by atoms with Gasteiger partial charge < -0.3 is 16.3 Å². The Balaban J connectivity index is 3.31. The molecule has 90 valence electrons. The number of amidine groups is 1. The molecule has 0 rings (SSSR count). The summed E-state index contributed by atoms with van der Waals surface area (Å²) in [4.78, 5) is 0. The quantitative estimate of drug-likeness (QED) is 0.190. The minimum absolute atomic E-state index is 0.0973. The van der Waals surface area contributed by atoms with Crippen molar-refractivity contribution in [2.45, 2.75) is 40.0 Å². The van der Waals surface area contributed by atoms with Crippen molar-refractivity contribution in [2.75, 3.05) is 13.1 Å². The highest BCUT2D eigenvalue weighted by atomic mass is 16.4. The Morgan fingerprint density at radius 1 is 1.33 bits per heavy atom. The average molecular weight is 215 g/mol. The van der Waals surface area contributed by atoms with E-state index in [1.807, 2.05) is 6.92 Å². The van der Waals surface area contributed by atoms with Gasteiger partial charge in [0.15, 0.2) is 0 Å². The SMILES string of the molecule is CC(C)CCCCNCC(C)C(N)=NO. The lowest BCUT2D eigenvalue weighted by molar-refractivity contribution is 0.314. The lowest BCUT2D eigenvalue weighted by Crippen LogP contribution is -2.31. The molecule has 0 aromatic rings. The molecule has 0 radical (unpaired) electrons. The Kier molecular flexibility index (Phi) is 8.09. The number of rotatable bonds is 8. The molecule has 4 nitrogen and oxygen atoms in total. The van der Waals surface area contributed by atoms with E-state index >= 15 is 0 Å². The van der Waals surface area contributed by atoms with Crippen molar-refractivity contribution < 1.29 is 5.21 Å². The van der Waals surface area contributed by atoms with Crippen molar-refractivity contribution >= 4 is 5.84 Å². The Bertz CT molecular complexity index is 181. The molecule has 0 heterocycles. The van der Waals surface area contributed by atoms with Crippen molar-refractivity contribution in [3.63, 3.8) is 0 Å². The predicted octanol–water partition coefficient (Wildman–Crippen LogP) is 1.78. The fraction of sp³-hybridized carbons (Fsp3) is 0.909. The van der Waals surface area contributed by atoms with Crippen LogP contribution in [-0.2, 0) is 0 Å². The number of nitrogens with zero attached hydrogens (tertiary/aromatic N) is 1. The third-order valence-corrected chi connectivity index (χ3v) is 2.46. The zero-order chi connectivity index (χ0) is 11.7. The first-order valence-electron chi connectivity index (χ1n) is 5.76. The topological polar surface area (TPSA) is 70.6 Å². The maximum Gasteiger partial charge on any atom is 0.143 e. The van der Waals surface area contributed by atoms with Crippen LogP contribution in [0, 0.1) is 11.8 Å². The van der Waals surface area contributed by atoms with E-state index in [9.17, 15) is 0 Å². The van der Waals surface area contributed by atoms with Crippen LogP contribution in [0.4, 0.5) is 0 Å². The molecule has 1 atom stereocenters. The van der Waals surface area contributed by atoms with Gasteiger partial charge in [-0.15, -0.1) is 0 Å². The molecular weight excluding hydrogens is 190 g/mol. The number of unbranched alkanes of at least 4 members (excludes halogenated alkanes) is 1. The van der Waals surface area contributed by atoms with E-state index in [0.29, 0.717) is 5.84 Å². The fourth-order valence-corrected chi connectivity index (χ4v) is 1.32. The molecule has 0 aromatic heterocycles. The number of nitrogens with one attached hydrogen (secondary N) is 1. The van der Waals surface area contributed by atoms with Gasteiger partial charge in [-0.25, -0.2) is 0 Å². The molecule has 0 aliphatic carbocycles. The van der Waals surface area contributed by atoms with E-state index in [1.165, 1.54) is 19.3 Å². The van der Waals surface area contributed by atoms with Crippen LogP contribution < -0.4 is 11.1 Å². The molecule has 0 amide bonds. The Labute approximate surface area is 92.9 Å². The smallest absolute Gasteiger partial charge is 0.143 e. The highest BCUT2D eigenvalue weighted by molar-refractivity contribution is 5.82. The van der Waals surface area contributed by atoms with Crippen molar-refractivity contribution in [1.29, 1.82) is 0 Å². The van der Waals surface area contributed by atoms with E-state index in [-0.39, 0.29) is 5.92 Å². The van der Waals surface area contributed by atoms with Crippen LogP contribution in [0.25, 0.3) is 0 Å². The molecule has 1 unspecified atom stereocenters. The van der Waals surface area contributed by atoms with Crippen LogP contribution in [0.1, 0.15) is 40.0 Å². The summed E-state index contributed by atoms with van der Waals surface area (Å²) >= 11 is 0. The first-order chi connectivity index (χ1) is 7.07. The zero-order valence-electron chi connectivity index (χ0n) is 10.2. The molecule has 15 heavy (non-hydrogen) atoms. The normalized spacial score (nSPS) is 14.5. The molecule has 0 fully saturated rings. The zero-order valence-corrected chi connectivity index (χ0v) is 10.2. The summed E-state index contributed by atoms with van der Waals surface area (Å²) in [6.45, 7) is 8.21. The molecule has 0 bridgehead atoms. The maximum absolute atomic E-state index is 8.44. The number of nitrogens with two attached hydrogens (primary N) is 1. The summed E-state index contributed by atoms with van der Waals surface area (Å²) in [5.41, 5.74) is 5.46. The van der Waals surface area contributed by atoms with E-state index < -0.39 is 0 Å². The van der Waals surface area contributed by atoms with E-state index in [4.69, 9.17) is 10.9 Å². The molecule has 0 spiro atoms. The third-order valence-electron chi connectivity index (χ3n) is 2.46. The van der Waals surface area contributed by atoms with Crippen LogP contribution >= 0.6 is 0 Å². The number of oxime groups is 1. The molecule has 0 saturated heterocycles. The lowest BCUT2D eigenvalue weighted by Gasteiger charge is -2.11. The predicted molar refractivity (Wildman–Crippen MR) is 64.1 cm³/mol. The van der Waals surface area contributed by atoms with Crippen LogP contribution in [0.2, 0.25) is 0 Å². The Hall–Kier alpha value is -0.770. The van der Waals surface area contributed by atoms with Gasteiger partial charge in [-0.2, -0.15) is 0 Å². The molecule has 0 aromatic carbocycles. The third kappa shape index (κ3) is 8.24. The molecule has 0 aliphatic rings. The highest BCUT2D eigenvalue weighted by Crippen LogP contribution is 2.05. The second kappa shape index (κ2) is 8.53. The van der Waals surface area contributed by atoms with Gasteiger partial charge in [-0.3, -0.25) is 0 Å². The van der Waals surface area contributed by atoms with Gasteiger partial charge in [0.2, 0.25) is 0 Å². The molecule has 4 N–H and O–H groups in total. The van der Waals surface area contributed by atoms with Crippen molar-refractivity contribution in [3.8, 4) is 0 Å². The minimum Gasteiger partial charge on any atom is -0.409 e. The van der Waals surface area contributed by atoms with Crippen LogP contribution in [0.3, 0.4) is 0 Å². The van der Waals surface area contributed by atoms with E-state index in [1.54, 1.807) is 0 Å². The standard InChI is InChI=1S/C11H25N3O/c1-9(2)6-4-5-7-13-8-10(3)11(12)14-15/h9-10,13,15H,4-8H2,1-3H3,(H2,12,14). The summed E-state index contributed by atoms with van der Waals surface area (Å²) < 4.78 is 0. The summed E-state index contributed by atoms with van der Waals surface area (Å²) in [6, 6.07) is 0.